The van der Waals surface area contributed by atoms with Crippen LogP contribution in [0.1, 0.15) is 60.7 Å². The molecule has 2 saturated heterocycles. The Hall–Kier alpha value is -1.79. The van der Waals surface area contributed by atoms with Gasteiger partial charge < -0.3 is 9.26 Å². The summed E-state index contributed by atoms with van der Waals surface area (Å²) in [7, 11) is 0. The molecule has 1 atom stereocenters. The van der Waals surface area contributed by atoms with E-state index in [1.165, 1.54) is 6.42 Å². The zero-order chi connectivity index (χ0) is 16.4. The summed E-state index contributed by atoms with van der Waals surface area (Å²) in [6.07, 6.45) is 4.27. The predicted octanol–water partition coefficient (Wildman–Crippen LogP) is 3.00. The Morgan fingerprint density at radius 3 is 2.88 bits per heavy atom. The van der Waals surface area contributed by atoms with Crippen molar-refractivity contribution >= 4 is 0 Å². The summed E-state index contributed by atoms with van der Waals surface area (Å²) >= 11 is 0. The molecule has 4 heterocycles. The lowest BCUT2D eigenvalue weighted by Gasteiger charge is -2.22. The van der Waals surface area contributed by atoms with E-state index in [1.807, 2.05) is 13.0 Å². The molecule has 6 nitrogen and oxygen atoms in total. The summed E-state index contributed by atoms with van der Waals surface area (Å²) in [5.74, 6) is 1.92. The van der Waals surface area contributed by atoms with Gasteiger partial charge in [-0.3, -0.25) is 9.88 Å². The van der Waals surface area contributed by atoms with Gasteiger partial charge in [-0.25, -0.2) is 0 Å². The van der Waals surface area contributed by atoms with E-state index >= 15 is 0 Å². The van der Waals surface area contributed by atoms with Crippen molar-refractivity contribution in [1.82, 2.24) is 20.0 Å². The Labute approximate surface area is 142 Å². The van der Waals surface area contributed by atoms with Crippen LogP contribution in [0.15, 0.2) is 22.7 Å². The van der Waals surface area contributed by atoms with Gasteiger partial charge in [0.15, 0.2) is 5.82 Å². The fourth-order valence-electron chi connectivity index (χ4n) is 3.72. The molecular weight excluding hydrogens is 304 g/mol. The van der Waals surface area contributed by atoms with Crippen LogP contribution in [0.25, 0.3) is 0 Å². The molecule has 6 heteroatoms. The first-order valence-electron chi connectivity index (χ1n) is 8.87. The Balaban J connectivity index is 1.45. The molecule has 2 aliphatic rings. The van der Waals surface area contributed by atoms with Crippen LogP contribution in [0.5, 0.6) is 0 Å². The predicted molar refractivity (Wildman–Crippen MR) is 88.5 cm³/mol. The van der Waals surface area contributed by atoms with E-state index in [-0.39, 0.29) is 0 Å². The van der Waals surface area contributed by atoms with Crippen molar-refractivity contribution in [3.05, 3.63) is 41.3 Å². The van der Waals surface area contributed by atoms with Gasteiger partial charge in [-0.15, -0.1) is 0 Å². The summed E-state index contributed by atoms with van der Waals surface area (Å²) in [6, 6.07) is 6.61. The van der Waals surface area contributed by atoms with E-state index < -0.39 is 0 Å². The van der Waals surface area contributed by atoms with Crippen LogP contribution in [0.2, 0.25) is 0 Å². The van der Waals surface area contributed by atoms with Crippen LogP contribution in [-0.2, 0) is 11.3 Å². The van der Waals surface area contributed by atoms with Crippen LogP contribution in [0, 0.1) is 6.92 Å². The second-order valence-electron chi connectivity index (χ2n) is 6.77. The molecule has 2 fully saturated rings. The third-order valence-electron chi connectivity index (χ3n) is 5.01. The molecule has 0 aliphatic carbocycles. The Bertz CT molecular complexity index is 681. The summed E-state index contributed by atoms with van der Waals surface area (Å²) in [5.41, 5.74) is 2.22. The highest BCUT2D eigenvalue weighted by Gasteiger charge is 2.29. The molecule has 0 amide bonds. The normalized spacial score (nSPS) is 23.0. The molecule has 2 aromatic heterocycles. The SMILES string of the molecule is Cc1cccc(C2CCCN2Cc2noc(C3CCOCC3)n2)n1. The average molecular weight is 328 g/mol. The van der Waals surface area contributed by atoms with Crippen molar-refractivity contribution in [3.8, 4) is 0 Å². The third kappa shape index (κ3) is 3.35. The van der Waals surface area contributed by atoms with Gasteiger partial charge in [0.2, 0.25) is 5.89 Å². The first-order valence-corrected chi connectivity index (χ1v) is 8.87. The minimum Gasteiger partial charge on any atom is -0.381 e. The molecule has 1 unspecified atom stereocenters. The molecular formula is C18H24N4O2. The lowest BCUT2D eigenvalue weighted by Crippen LogP contribution is -2.24. The maximum absolute atomic E-state index is 5.52. The number of hydrogen-bond donors (Lipinski definition) is 0. The number of aromatic nitrogens is 3. The van der Waals surface area contributed by atoms with Gasteiger partial charge in [0.25, 0.3) is 0 Å². The van der Waals surface area contributed by atoms with Crippen LogP contribution in [-0.4, -0.2) is 39.8 Å². The van der Waals surface area contributed by atoms with Crippen molar-refractivity contribution in [2.24, 2.45) is 0 Å². The molecule has 24 heavy (non-hydrogen) atoms. The highest BCUT2D eigenvalue weighted by molar-refractivity contribution is 5.15. The summed E-state index contributed by atoms with van der Waals surface area (Å²) < 4.78 is 10.9. The first-order chi connectivity index (χ1) is 11.8. The second-order valence-corrected chi connectivity index (χ2v) is 6.77. The summed E-state index contributed by atoms with van der Waals surface area (Å²) in [4.78, 5) is 11.8. The minimum atomic E-state index is 0.354. The first kappa shape index (κ1) is 15.7. The number of likely N-dealkylation sites (tertiary alicyclic amines) is 1. The molecule has 0 saturated carbocycles. The van der Waals surface area contributed by atoms with Gasteiger partial charge in [-0.1, -0.05) is 11.2 Å². The number of hydrogen-bond acceptors (Lipinski definition) is 6. The van der Waals surface area contributed by atoms with E-state index in [2.05, 4.69) is 27.2 Å². The summed E-state index contributed by atoms with van der Waals surface area (Å²) in [6.45, 7) is 5.40. The molecule has 2 aliphatic heterocycles. The van der Waals surface area contributed by atoms with Crippen molar-refractivity contribution in [2.75, 3.05) is 19.8 Å². The van der Waals surface area contributed by atoms with E-state index in [0.717, 1.165) is 68.7 Å². The molecule has 128 valence electrons. The van der Waals surface area contributed by atoms with E-state index in [9.17, 15) is 0 Å². The second kappa shape index (κ2) is 6.99. The number of rotatable bonds is 4. The van der Waals surface area contributed by atoms with Gasteiger partial charge in [-0.05, 0) is 51.3 Å². The molecule has 0 spiro atoms. The number of pyridine rings is 1. The Morgan fingerprint density at radius 1 is 1.17 bits per heavy atom. The van der Waals surface area contributed by atoms with Gasteiger partial charge in [0.05, 0.1) is 18.3 Å². The molecule has 0 N–H and O–H groups in total. The lowest BCUT2D eigenvalue weighted by atomic mass is 10.0. The zero-order valence-electron chi connectivity index (χ0n) is 14.1. The molecule has 0 aromatic carbocycles. The molecule has 4 rings (SSSR count). The fourth-order valence-corrected chi connectivity index (χ4v) is 3.72. The maximum Gasteiger partial charge on any atom is 0.229 e. The van der Waals surface area contributed by atoms with Crippen molar-refractivity contribution < 1.29 is 9.26 Å². The zero-order valence-corrected chi connectivity index (χ0v) is 14.1. The lowest BCUT2D eigenvalue weighted by molar-refractivity contribution is 0.0778. The smallest absolute Gasteiger partial charge is 0.229 e. The quantitative estimate of drug-likeness (QED) is 0.859. The topological polar surface area (TPSA) is 64.3 Å². The molecule has 0 bridgehead atoms. The van der Waals surface area contributed by atoms with Gasteiger partial charge >= 0.3 is 0 Å². The minimum absolute atomic E-state index is 0.354. The van der Waals surface area contributed by atoms with Crippen molar-refractivity contribution in [2.45, 2.75) is 51.1 Å². The van der Waals surface area contributed by atoms with E-state index in [4.69, 9.17) is 14.2 Å². The van der Waals surface area contributed by atoms with Gasteiger partial charge in [-0.2, -0.15) is 4.98 Å². The molecule has 0 radical (unpaired) electrons. The van der Waals surface area contributed by atoms with Crippen molar-refractivity contribution in [3.63, 3.8) is 0 Å². The maximum atomic E-state index is 5.52. The highest BCUT2D eigenvalue weighted by Crippen LogP contribution is 2.32. The van der Waals surface area contributed by atoms with Crippen LogP contribution in [0.3, 0.4) is 0 Å². The monoisotopic (exact) mass is 328 g/mol. The molecule has 2 aromatic rings. The van der Waals surface area contributed by atoms with E-state index in [0.29, 0.717) is 12.0 Å². The van der Waals surface area contributed by atoms with Crippen LogP contribution in [0.4, 0.5) is 0 Å². The standard InChI is InChI=1S/C18H24N4O2/c1-13-4-2-5-15(19-13)16-6-3-9-22(16)12-17-20-18(24-21-17)14-7-10-23-11-8-14/h2,4-5,14,16H,3,6-12H2,1H3. The van der Waals surface area contributed by atoms with Crippen LogP contribution < -0.4 is 0 Å². The number of aryl methyl sites for hydroxylation is 1. The highest BCUT2D eigenvalue weighted by atomic mass is 16.5. The number of nitrogens with zero attached hydrogens (tertiary/aromatic N) is 4. The Kier molecular flexibility index (Phi) is 4.58. The fraction of sp³-hybridized carbons (Fsp3) is 0.611. The van der Waals surface area contributed by atoms with E-state index in [1.54, 1.807) is 0 Å². The average Bonchev–Trinajstić information content (AvgIpc) is 3.26. The summed E-state index contributed by atoms with van der Waals surface area (Å²) in [5, 5.41) is 4.21. The van der Waals surface area contributed by atoms with Gasteiger partial charge in [0, 0.05) is 24.8 Å². The number of ether oxygens (including phenoxy) is 1. The largest absolute Gasteiger partial charge is 0.381 e. The third-order valence-corrected chi connectivity index (χ3v) is 5.01. The van der Waals surface area contributed by atoms with Gasteiger partial charge in [0.1, 0.15) is 0 Å². The Morgan fingerprint density at radius 2 is 2.04 bits per heavy atom. The van der Waals surface area contributed by atoms with Crippen molar-refractivity contribution in [1.29, 1.82) is 0 Å². The van der Waals surface area contributed by atoms with Crippen LogP contribution >= 0.6 is 0 Å².